The van der Waals surface area contributed by atoms with E-state index < -0.39 is 6.10 Å². The maximum atomic E-state index is 12.3. The second-order valence-electron chi connectivity index (χ2n) is 4.79. The SMILES string of the molecule is CC1CCN(C(=O)c2c(N)cccc2Cl)CC1O. The number of rotatable bonds is 1. The Kier molecular flexibility index (Phi) is 3.78. The van der Waals surface area contributed by atoms with Crippen molar-refractivity contribution in [3.8, 4) is 0 Å². The van der Waals surface area contributed by atoms with Gasteiger partial charge in [0.1, 0.15) is 0 Å². The van der Waals surface area contributed by atoms with E-state index in [-0.39, 0.29) is 11.8 Å². The minimum atomic E-state index is -0.480. The number of piperidine rings is 1. The number of aliphatic hydroxyl groups is 1. The zero-order valence-electron chi connectivity index (χ0n) is 10.3. The number of carbonyl (C=O) groups excluding carboxylic acids is 1. The maximum absolute atomic E-state index is 12.3. The van der Waals surface area contributed by atoms with Gasteiger partial charge in [0.25, 0.3) is 5.91 Å². The molecule has 1 heterocycles. The summed E-state index contributed by atoms with van der Waals surface area (Å²) >= 11 is 6.02. The predicted octanol–water partition coefficient (Wildman–Crippen LogP) is 1.77. The molecule has 0 aromatic heterocycles. The van der Waals surface area contributed by atoms with Gasteiger partial charge in [0.05, 0.1) is 16.7 Å². The molecule has 2 rings (SSSR count). The molecule has 0 spiro atoms. The molecule has 18 heavy (non-hydrogen) atoms. The lowest BCUT2D eigenvalue weighted by Crippen LogP contribution is -2.46. The number of benzene rings is 1. The molecule has 2 unspecified atom stereocenters. The molecule has 0 saturated carbocycles. The van der Waals surface area contributed by atoms with Gasteiger partial charge in [0.2, 0.25) is 0 Å². The number of nitrogens with two attached hydrogens (primary N) is 1. The van der Waals surface area contributed by atoms with Gasteiger partial charge in [-0.25, -0.2) is 0 Å². The van der Waals surface area contributed by atoms with Crippen LogP contribution in [0.25, 0.3) is 0 Å². The van der Waals surface area contributed by atoms with Gasteiger partial charge in [-0.05, 0) is 24.5 Å². The van der Waals surface area contributed by atoms with Gasteiger partial charge in [-0.1, -0.05) is 24.6 Å². The van der Waals surface area contributed by atoms with Crippen LogP contribution < -0.4 is 5.73 Å². The third kappa shape index (κ3) is 2.44. The van der Waals surface area contributed by atoms with Crippen molar-refractivity contribution in [2.24, 2.45) is 5.92 Å². The molecule has 2 atom stereocenters. The molecular formula is C13H17ClN2O2. The summed E-state index contributed by atoms with van der Waals surface area (Å²) in [6.45, 7) is 2.95. The van der Waals surface area contributed by atoms with E-state index in [4.69, 9.17) is 17.3 Å². The van der Waals surface area contributed by atoms with Crippen LogP contribution in [-0.2, 0) is 0 Å². The highest BCUT2D eigenvalue weighted by Crippen LogP contribution is 2.26. The van der Waals surface area contributed by atoms with E-state index in [0.29, 0.717) is 29.4 Å². The summed E-state index contributed by atoms with van der Waals surface area (Å²) < 4.78 is 0. The average Bonchev–Trinajstić information content (AvgIpc) is 2.32. The summed E-state index contributed by atoms with van der Waals surface area (Å²) in [6.07, 6.45) is 0.309. The zero-order chi connectivity index (χ0) is 13.3. The van der Waals surface area contributed by atoms with Crippen LogP contribution in [0, 0.1) is 5.92 Å². The van der Waals surface area contributed by atoms with Crippen molar-refractivity contribution < 1.29 is 9.90 Å². The standard InChI is InChI=1S/C13H17ClN2O2/c1-8-5-6-16(7-11(8)17)13(18)12-9(14)3-2-4-10(12)15/h2-4,8,11,17H,5-7,15H2,1H3. The third-order valence-corrected chi connectivity index (χ3v) is 3.78. The summed E-state index contributed by atoms with van der Waals surface area (Å²) in [5.41, 5.74) is 6.51. The Bertz CT molecular complexity index is 444. The van der Waals surface area contributed by atoms with Crippen LogP contribution in [-0.4, -0.2) is 35.1 Å². The van der Waals surface area contributed by atoms with Gasteiger partial charge in [-0.2, -0.15) is 0 Å². The lowest BCUT2D eigenvalue weighted by molar-refractivity contribution is 0.0249. The van der Waals surface area contributed by atoms with E-state index in [2.05, 4.69) is 0 Å². The van der Waals surface area contributed by atoms with Gasteiger partial charge in [-0.15, -0.1) is 0 Å². The number of carbonyl (C=O) groups is 1. The highest BCUT2D eigenvalue weighted by Gasteiger charge is 2.29. The molecule has 0 bridgehead atoms. The Balaban J connectivity index is 2.22. The van der Waals surface area contributed by atoms with E-state index in [1.54, 1.807) is 23.1 Å². The van der Waals surface area contributed by atoms with Crippen molar-refractivity contribution >= 4 is 23.2 Å². The monoisotopic (exact) mass is 268 g/mol. The Morgan fingerprint density at radius 3 is 2.89 bits per heavy atom. The lowest BCUT2D eigenvalue weighted by Gasteiger charge is -2.34. The van der Waals surface area contributed by atoms with E-state index in [0.717, 1.165) is 6.42 Å². The lowest BCUT2D eigenvalue weighted by atomic mass is 9.95. The summed E-state index contributed by atoms with van der Waals surface area (Å²) in [5, 5.41) is 10.2. The van der Waals surface area contributed by atoms with Crippen LogP contribution in [0.4, 0.5) is 5.69 Å². The summed E-state index contributed by atoms with van der Waals surface area (Å²) in [6, 6.07) is 5.01. The van der Waals surface area contributed by atoms with Gasteiger partial charge in [0, 0.05) is 18.8 Å². The minimum Gasteiger partial charge on any atom is -0.398 e. The van der Waals surface area contributed by atoms with Gasteiger partial charge >= 0.3 is 0 Å². The summed E-state index contributed by atoms with van der Waals surface area (Å²) in [4.78, 5) is 14.0. The number of hydrogen-bond donors (Lipinski definition) is 2. The van der Waals surface area contributed by atoms with Crippen LogP contribution >= 0.6 is 11.6 Å². The molecule has 98 valence electrons. The molecule has 0 radical (unpaired) electrons. The van der Waals surface area contributed by atoms with Crippen molar-refractivity contribution in [3.63, 3.8) is 0 Å². The zero-order valence-corrected chi connectivity index (χ0v) is 11.0. The Labute approximate surface area is 111 Å². The smallest absolute Gasteiger partial charge is 0.257 e. The second-order valence-corrected chi connectivity index (χ2v) is 5.20. The summed E-state index contributed by atoms with van der Waals surface area (Å²) in [7, 11) is 0. The minimum absolute atomic E-state index is 0.205. The first kappa shape index (κ1) is 13.2. The molecule has 1 aromatic rings. The molecule has 1 aromatic carbocycles. The van der Waals surface area contributed by atoms with Crippen molar-refractivity contribution in [2.75, 3.05) is 18.8 Å². The van der Waals surface area contributed by atoms with Gasteiger partial charge in [-0.3, -0.25) is 4.79 Å². The molecular weight excluding hydrogens is 252 g/mol. The fourth-order valence-electron chi connectivity index (χ4n) is 2.16. The van der Waals surface area contributed by atoms with Crippen molar-refractivity contribution in [2.45, 2.75) is 19.4 Å². The largest absolute Gasteiger partial charge is 0.398 e. The van der Waals surface area contributed by atoms with Gasteiger partial charge < -0.3 is 15.7 Å². The first-order valence-electron chi connectivity index (χ1n) is 6.02. The second kappa shape index (κ2) is 5.16. The van der Waals surface area contributed by atoms with Crippen molar-refractivity contribution in [3.05, 3.63) is 28.8 Å². The highest BCUT2D eigenvalue weighted by atomic mass is 35.5. The van der Waals surface area contributed by atoms with Crippen LogP contribution in [0.3, 0.4) is 0 Å². The van der Waals surface area contributed by atoms with E-state index >= 15 is 0 Å². The third-order valence-electron chi connectivity index (χ3n) is 3.47. The van der Waals surface area contributed by atoms with E-state index in [9.17, 15) is 9.90 Å². The number of amides is 1. The predicted molar refractivity (Wildman–Crippen MR) is 71.6 cm³/mol. The Hall–Kier alpha value is -1.26. The average molecular weight is 269 g/mol. The Morgan fingerprint density at radius 1 is 1.56 bits per heavy atom. The number of hydrogen-bond acceptors (Lipinski definition) is 3. The molecule has 5 heteroatoms. The number of halogens is 1. The molecule has 3 N–H and O–H groups in total. The fraction of sp³-hybridized carbons (Fsp3) is 0.462. The number of likely N-dealkylation sites (tertiary alicyclic amines) is 1. The number of β-amino-alcohol motifs (C(OH)–C–C–N with tert-alkyl or cyclic N) is 1. The summed E-state index contributed by atoms with van der Waals surface area (Å²) in [5.74, 6) is 0.0155. The van der Waals surface area contributed by atoms with Crippen molar-refractivity contribution in [1.29, 1.82) is 0 Å². The van der Waals surface area contributed by atoms with Crippen LogP contribution in [0.2, 0.25) is 5.02 Å². The molecule has 0 aliphatic carbocycles. The van der Waals surface area contributed by atoms with Gasteiger partial charge in [0.15, 0.2) is 0 Å². The van der Waals surface area contributed by atoms with E-state index in [1.807, 2.05) is 6.92 Å². The molecule has 1 amide bonds. The van der Waals surface area contributed by atoms with Crippen LogP contribution in [0.1, 0.15) is 23.7 Å². The fourth-order valence-corrected chi connectivity index (χ4v) is 2.42. The van der Waals surface area contributed by atoms with Crippen LogP contribution in [0.5, 0.6) is 0 Å². The van der Waals surface area contributed by atoms with Crippen molar-refractivity contribution in [1.82, 2.24) is 4.90 Å². The highest BCUT2D eigenvalue weighted by molar-refractivity contribution is 6.34. The molecule has 1 saturated heterocycles. The quantitative estimate of drug-likeness (QED) is 0.763. The topological polar surface area (TPSA) is 66.6 Å². The first-order valence-corrected chi connectivity index (χ1v) is 6.40. The maximum Gasteiger partial charge on any atom is 0.257 e. The Morgan fingerprint density at radius 2 is 2.28 bits per heavy atom. The normalized spacial score (nSPS) is 24.1. The van der Waals surface area contributed by atoms with E-state index in [1.165, 1.54) is 0 Å². The molecule has 1 aliphatic heterocycles. The number of nitrogens with zero attached hydrogens (tertiary/aromatic N) is 1. The molecule has 1 aliphatic rings. The first-order chi connectivity index (χ1) is 8.50. The number of nitrogen functional groups attached to an aromatic ring is 1. The van der Waals surface area contributed by atoms with Crippen LogP contribution in [0.15, 0.2) is 18.2 Å². The number of aliphatic hydroxyl groups excluding tert-OH is 1. The molecule has 4 nitrogen and oxygen atoms in total. The molecule has 1 fully saturated rings. The number of anilines is 1.